The molecule has 0 unspecified atom stereocenters. The minimum Gasteiger partial charge on any atom is -0.505 e. The molecule has 84 heavy (non-hydrogen) atoms. The fraction of sp³-hybridized carbons (Fsp3) is 0.0233. The van der Waals surface area contributed by atoms with Gasteiger partial charge in [-0.1, -0.05) is 24.3 Å². The van der Waals surface area contributed by atoms with Crippen molar-refractivity contribution < 1.29 is 110 Å². The van der Waals surface area contributed by atoms with Gasteiger partial charge in [-0.3, -0.25) is 18.2 Å². The van der Waals surface area contributed by atoms with Gasteiger partial charge in [0.2, 0.25) is 0 Å². The third-order valence-corrected chi connectivity index (χ3v) is 14.0. The number of azo groups is 4. The standard InChI is InChI=1S/C43H31N9O16S4.3O3S/c1-68-25-11-8-23(9-12-25)45-52-39-35(71(62,63)64)20-28-27(41(39)54)14-17-32(43(28)72(65,66)67)50-51-38-34(70(59,60)61)19-22-7-16-31(42(55)36(22)37(38)44)48-46-24-10-13-26-21(18-24)6-15-30(40(26)53)49-47-29-4-2-3-5-33(29)69(56,57)58;3*1-4(2)3/h2-20,53-55H,44H2,1H3,(H,56,57,58)(H,59,60,61)(H,62,63,64)(H,65,66,67);;;. The molecule has 8 rings (SSSR count). The lowest BCUT2D eigenvalue weighted by Gasteiger charge is -2.13. The smallest absolute Gasteiger partial charge is 0.425 e. The maximum Gasteiger partial charge on any atom is 0.425 e. The monoisotopic (exact) mass is 1300 g/mol. The highest BCUT2D eigenvalue weighted by Crippen LogP contribution is 2.48. The summed E-state index contributed by atoms with van der Waals surface area (Å²) in [4.78, 5) is -3.88. The van der Waals surface area contributed by atoms with Gasteiger partial charge in [-0.25, -0.2) is 0 Å². The largest absolute Gasteiger partial charge is 0.505 e. The van der Waals surface area contributed by atoms with Crippen molar-refractivity contribution >= 4 is 156 Å². The van der Waals surface area contributed by atoms with Crippen LogP contribution in [-0.2, 0) is 72.3 Å². The van der Waals surface area contributed by atoms with Gasteiger partial charge in [0.05, 0.1) is 29.6 Å². The van der Waals surface area contributed by atoms with Crippen LogP contribution in [0.2, 0.25) is 0 Å². The molecule has 34 nitrogen and oxygen atoms in total. The minimum atomic E-state index is -5.49. The Morgan fingerprint density at radius 2 is 0.857 bits per heavy atom. The first-order valence-electron chi connectivity index (χ1n) is 21.3. The highest BCUT2D eigenvalue weighted by molar-refractivity contribution is 7.87. The fourth-order valence-corrected chi connectivity index (χ4v) is 9.90. The summed E-state index contributed by atoms with van der Waals surface area (Å²) in [5.41, 5.74) is 3.00. The van der Waals surface area contributed by atoms with Crippen LogP contribution in [0.1, 0.15) is 0 Å². The van der Waals surface area contributed by atoms with Gasteiger partial charge < -0.3 is 25.8 Å². The van der Waals surface area contributed by atoms with E-state index in [1.165, 1.54) is 92.0 Å². The Balaban J connectivity index is 0.000000982. The van der Waals surface area contributed by atoms with Crippen LogP contribution in [0.25, 0.3) is 32.3 Å². The molecule has 0 heterocycles. The van der Waals surface area contributed by atoms with Gasteiger partial charge >= 0.3 is 31.8 Å². The molecule has 0 aliphatic rings. The van der Waals surface area contributed by atoms with Crippen LogP contribution in [0, 0.1) is 0 Å². The lowest BCUT2D eigenvalue weighted by atomic mass is 10.1. The van der Waals surface area contributed by atoms with Crippen molar-refractivity contribution in [3.63, 3.8) is 0 Å². The maximum atomic E-state index is 13.0. The molecule has 0 aromatic heterocycles. The van der Waals surface area contributed by atoms with E-state index in [1.807, 2.05) is 0 Å². The number of phenols is 3. The molecular weight excluding hydrogens is 1270 g/mol. The van der Waals surface area contributed by atoms with E-state index >= 15 is 0 Å². The van der Waals surface area contributed by atoms with E-state index in [0.29, 0.717) is 17.2 Å². The highest BCUT2D eigenvalue weighted by Gasteiger charge is 2.29. The Labute approximate surface area is 474 Å². The summed E-state index contributed by atoms with van der Waals surface area (Å²) in [6, 6.07) is 24.1. The average Bonchev–Trinajstić information content (AvgIpc) is 2.85. The summed E-state index contributed by atoms with van der Waals surface area (Å²) in [6.45, 7) is 0. The zero-order valence-corrected chi connectivity index (χ0v) is 46.7. The van der Waals surface area contributed by atoms with Crippen LogP contribution in [-0.4, -0.2) is 112 Å². The SMILES string of the molecule is COc1ccc(N=Nc2c(S(=O)(=O)O)cc3c(S(=O)(=O)O)c(N=Nc4c(S(=O)(=O)O)cc5ccc(N=Nc6ccc7c(O)c(N=Nc8ccccc8S(=O)(=O)O)ccc7c6)c(O)c5c4N)ccc3c2O)cc1.O=S(=O)=O.O=S(=O)=O.O=S(=O)=O. The number of hydrogen-bond acceptors (Lipinski definition) is 30. The number of nitrogens with two attached hydrogens (primary N) is 1. The summed E-state index contributed by atoms with van der Waals surface area (Å²) in [5, 5.41) is 63.8. The molecule has 0 aliphatic heterocycles. The van der Waals surface area contributed by atoms with Crippen molar-refractivity contribution in [1.29, 1.82) is 0 Å². The number of fused-ring (bicyclic) bond motifs is 3. The van der Waals surface area contributed by atoms with Crippen LogP contribution in [0.4, 0.5) is 51.2 Å². The van der Waals surface area contributed by atoms with Crippen LogP contribution >= 0.6 is 0 Å². The molecule has 8 aromatic carbocycles. The van der Waals surface area contributed by atoms with E-state index < -0.39 is 137 Å². The van der Waals surface area contributed by atoms with Gasteiger partial charge in [0.15, 0.2) is 17.2 Å². The van der Waals surface area contributed by atoms with E-state index in [-0.39, 0.29) is 50.3 Å². The van der Waals surface area contributed by atoms with Crippen LogP contribution in [0.5, 0.6) is 23.0 Å². The summed E-state index contributed by atoms with van der Waals surface area (Å²) < 4.78 is 221. The Hall–Kier alpha value is -9.56. The molecular formula is C43H31N9O25S7. The van der Waals surface area contributed by atoms with Crippen molar-refractivity contribution in [3.05, 3.63) is 115 Å². The minimum absolute atomic E-state index is 0.0533. The van der Waals surface area contributed by atoms with Crippen LogP contribution in [0.3, 0.4) is 0 Å². The fourth-order valence-electron chi connectivity index (χ4n) is 7.13. The van der Waals surface area contributed by atoms with E-state index in [2.05, 4.69) is 40.9 Å². The topological polar surface area (TPSA) is 566 Å². The number of anilines is 1. The van der Waals surface area contributed by atoms with Crippen molar-refractivity contribution in [1.82, 2.24) is 0 Å². The molecule has 0 saturated heterocycles. The number of nitrogens with zero attached hydrogens (tertiary/aromatic N) is 8. The number of rotatable bonds is 13. The molecule has 0 aliphatic carbocycles. The number of benzene rings is 8. The van der Waals surface area contributed by atoms with Gasteiger partial charge in [-0.05, 0) is 102 Å². The van der Waals surface area contributed by atoms with Gasteiger partial charge in [0, 0.05) is 16.2 Å². The first-order valence-corrected chi connectivity index (χ1v) is 30.1. The summed E-state index contributed by atoms with van der Waals surface area (Å²) in [7, 11) is -28.6. The Morgan fingerprint density at radius 3 is 1.42 bits per heavy atom. The maximum absolute atomic E-state index is 13.0. The van der Waals surface area contributed by atoms with Crippen molar-refractivity contribution in [3.8, 4) is 23.0 Å². The summed E-state index contributed by atoms with van der Waals surface area (Å²) in [6.07, 6.45) is 0. The average molecular weight is 1300 g/mol. The summed E-state index contributed by atoms with van der Waals surface area (Å²) in [5.74, 6) is -1.63. The Bertz CT molecular complexity index is 4880. The molecule has 0 saturated carbocycles. The predicted octanol–water partition coefficient (Wildman–Crippen LogP) is 7.49. The second-order valence-electron chi connectivity index (χ2n) is 15.6. The number of hydrogen-bond donors (Lipinski definition) is 8. The third kappa shape index (κ3) is 16.6. The normalized spacial score (nSPS) is 12.0. The number of methoxy groups -OCH3 is 1. The molecule has 41 heteroatoms. The van der Waals surface area contributed by atoms with Crippen LogP contribution < -0.4 is 10.5 Å². The van der Waals surface area contributed by atoms with E-state index in [0.717, 1.165) is 24.3 Å². The Kier molecular flexibility index (Phi) is 20.6. The highest BCUT2D eigenvalue weighted by atomic mass is 32.2. The van der Waals surface area contributed by atoms with E-state index in [9.17, 15) is 67.2 Å². The molecule has 0 spiro atoms. The Morgan fingerprint density at radius 1 is 0.405 bits per heavy atom. The zero-order chi connectivity index (χ0) is 62.8. The first kappa shape index (κ1) is 65.3. The van der Waals surface area contributed by atoms with Gasteiger partial charge in [0.25, 0.3) is 40.5 Å². The summed E-state index contributed by atoms with van der Waals surface area (Å²) >= 11 is 0. The van der Waals surface area contributed by atoms with Gasteiger partial charge in [-0.2, -0.15) is 43.9 Å². The lowest BCUT2D eigenvalue weighted by Crippen LogP contribution is -2.03. The number of phenolic OH excluding ortho intramolecular Hbond substituents is 3. The lowest BCUT2D eigenvalue weighted by molar-refractivity contribution is 0.415. The van der Waals surface area contributed by atoms with Crippen LogP contribution in [0.15, 0.2) is 176 Å². The molecule has 0 fully saturated rings. The second kappa shape index (κ2) is 26.6. The molecule has 440 valence electrons. The number of nitrogen functional groups attached to an aromatic ring is 1. The molecule has 0 amide bonds. The molecule has 9 N–H and O–H groups in total. The van der Waals surface area contributed by atoms with Crippen molar-refractivity contribution in [2.75, 3.05) is 12.8 Å². The second-order valence-corrected chi connectivity index (χ2v) is 22.3. The molecule has 0 bridgehead atoms. The molecule has 0 atom stereocenters. The van der Waals surface area contributed by atoms with Crippen molar-refractivity contribution in [2.24, 2.45) is 40.9 Å². The van der Waals surface area contributed by atoms with E-state index in [1.54, 1.807) is 0 Å². The molecule has 0 radical (unpaired) electrons. The van der Waals surface area contributed by atoms with E-state index in [4.69, 9.17) is 48.4 Å². The molecule has 8 aromatic rings. The van der Waals surface area contributed by atoms with Crippen molar-refractivity contribution in [2.45, 2.75) is 19.6 Å². The number of aromatic hydroxyl groups is 3. The van der Waals surface area contributed by atoms with Gasteiger partial charge in [-0.15, -0.1) is 68.6 Å². The zero-order valence-electron chi connectivity index (χ0n) is 41.0. The predicted molar refractivity (Wildman–Crippen MR) is 286 cm³/mol. The van der Waals surface area contributed by atoms with Gasteiger partial charge in [0.1, 0.15) is 59.5 Å². The first-order chi connectivity index (χ1) is 39.0. The third-order valence-electron chi connectivity index (χ3n) is 10.4. The number of ether oxygens (including phenoxy) is 1. The quantitative estimate of drug-likeness (QED) is 0.0315.